The van der Waals surface area contributed by atoms with E-state index in [-0.39, 0.29) is 0 Å². The first-order chi connectivity index (χ1) is 8.21. The Morgan fingerprint density at radius 2 is 2.06 bits per heavy atom. The van der Waals surface area contributed by atoms with E-state index in [4.69, 9.17) is 9.47 Å². The van der Waals surface area contributed by atoms with E-state index in [1.54, 1.807) is 12.1 Å². The second kappa shape index (κ2) is 6.32. The van der Waals surface area contributed by atoms with E-state index in [0.717, 1.165) is 12.3 Å². The molecule has 1 aromatic carbocycles. The lowest BCUT2D eigenvalue weighted by molar-refractivity contribution is -0.134. The summed E-state index contributed by atoms with van der Waals surface area (Å²) in [6.45, 7) is 0. The summed E-state index contributed by atoms with van der Waals surface area (Å²) >= 11 is 0. The zero-order chi connectivity index (χ0) is 12.7. The van der Waals surface area contributed by atoms with Gasteiger partial charge in [-0.2, -0.15) is 0 Å². The van der Waals surface area contributed by atoms with Crippen LogP contribution in [0.1, 0.15) is 10.4 Å². The molecule has 0 bridgehead atoms. The molecule has 0 fully saturated rings. The van der Waals surface area contributed by atoms with Gasteiger partial charge in [0.15, 0.2) is 6.29 Å². The van der Waals surface area contributed by atoms with Crippen LogP contribution in [0.3, 0.4) is 0 Å². The lowest BCUT2D eigenvalue weighted by Crippen LogP contribution is -1.96. The Balaban J connectivity index is 2.80. The number of methoxy groups -OCH3 is 2. The minimum Gasteiger partial charge on any atom is -0.497 e. The van der Waals surface area contributed by atoms with Crippen molar-refractivity contribution in [3.63, 3.8) is 0 Å². The van der Waals surface area contributed by atoms with Crippen LogP contribution < -0.4 is 9.47 Å². The number of rotatable bonds is 5. The minimum atomic E-state index is -0.536. The molecular weight excluding hydrogens is 224 g/mol. The van der Waals surface area contributed by atoms with Gasteiger partial charge in [-0.05, 0) is 18.2 Å². The summed E-state index contributed by atoms with van der Waals surface area (Å²) in [5.41, 5.74) is 0.332. The van der Waals surface area contributed by atoms with Gasteiger partial charge in [0.2, 0.25) is 0 Å². The maximum absolute atomic E-state index is 10.8. The second-order valence-corrected chi connectivity index (χ2v) is 2.97. The summed E-state index contributed by atoms with van der Waals surface area (Å²) in [5, 5.41) is 0. The summed E-state index contributed by atoms with van der Waals surface area (Å²) in [5.74, 6) is 0.350. The molecule has 0 aliphatic carbocycles. The van der Waals surface area contributed by atoms with E-state index >= 15 is 0 Å². The SMILES string of the molecule is COC(=O)/C=C/Oc1ccc(OC)cc1C=O. The van der Waals surface area contributed by atoms with Gasteiger partial charge in [-0.3, -0.25) is 4.79 Å². The molecule has 0 aliphatic heterocycles. The van der Waals surface area contributed by atoms with E-state index in [1.165, 1.54) is 20.3 Å². The monoisotopic (exact) mass is 236 g/mol. The summed E-state index contributed by atoms with van der Waals surface area (Å²) in [4.78, 5) is 21.6. The Morgan fingerprint density at radius 3 is 2.65 bits per heavy atom. The van der Waals surface area contributed by atoms with Crippen LogP contribution >= 0.6 is 0 Å². The van der Waals surface area contributed by atoms with Crippen molar-refractivity contribution in [2.75, 3.05) is 14.2 Å². The van der Waals surface area contributed by atoms with Gasteiger partial charge in [0.25, 0.3) is 0 Å². The molecule has 0 N–H and O–H groups in total. The standard InChI is InChI=1S/C12H12O5/c1-15-10-3-4-11(9(7-10)8-13)17-6-5-12(14)16-2/h3-8H,1-2H3/b6-5+. The minimum absolute atomic E-state index is 0.332. The van der Waals surface area contributed by atoms with Crippen LogP contribution in [0.2, 0.25) is 0 Å². The normalized spacial score (nSPS) is 10.0. The van der Waals surface area contributed by atoms with Crippen molar-refractivity contribution in [2.24, 2.45) is 0 Å². The highest BCUT2D eigenvalue weighted by Crippen LogP contribution is 2.22. The van der Waals surface area contributed by atoms with Crippen molar-refractivity contribution >= 4 is 12.3 Å². The Hall–Kier alpha value is -2.30. The first-order valence-corrected chi connectivity index (χ1v) is 4.75. The lowest BCUT2D eigenvalue weighted by atomic mass is 10.2. The van der Waals surface area contributed by atoms with E-state index in [1.807, 2.05) is 0 Å². The van der Waals surface area contributed by atoms with Crippen LogP contribution in [-0.4, -0.2) is 26.5 Å². The number of hydrogen-bond donors (Lipinski definition) is 0. The van der Waals surface area contributed by atoms with Gasteiger partial charge in [0.1, 0.15) is 11.5 Å². The highest BCUT2D eigenvalue weighted by atomic mass is 16.5. The van der Waals surface area contributed by atoms with Gasteiger partial charge in [0.05, 0.1) is 32.1 Å². The highest BCUT2D eigenvalue weighted by molar-refractivity contribution is 5.82. The fourth-order valence-corrected chi connectivity index (χ4v) is 1.08. The number of ether oxygens (including phenoxy) is 3. The maximum atomic E-state index is 10.8. The Bertz CT molecular complexity index is 437. The first-order valence-electron chi connectivity index (χ1n) is 4.75. The second-order valence-electron chi connectivity index (χ2n) is 2.97. The highest BCUT2D eigenvalue weighted by Gasteiger charge is 2.04. The third-order valence-electron chi connectivity index (χ3n) is 1.94. The molecule has 1 aromatic rings. The van der Waals surface area contributed by atoms with Crippen molar-refractivity contribution in [2.45, 2.75) is 0 Å². The molecule has 90 valence electrons. The molecular formula is C12H12O5. The predicted octanol–water partition coefficient (Wildman–Crippen LogP) is 1.57. The van der Waals surface area contributed by atoms with E-state index in [9.17, 15) is 9.59 Å². The molecule has 0 saturated heterocycles. The van der Waals surface area contributed by atoms with Gasteiger partial charge in [0, 0.05) is 0 Å². The smallest absolute Gasteiger partial charge is 0.333 e. The molecule has 0 atom stereocenters. The van der Waals surface area contributed by atoms with Crippen molar-refractivity contribution in [3.05, 3.63) is 36.1 Å². The molecule has 0 spiro atoms. The van der Waals surface area contributed by atoms with Crippen LogP contribution in [0, 0.1) is 0 Å². The molecule has 1 rings (SSSR count). The van der Waals surface area contributed by atoms with Crippen LogP contribution in [0.5, 0.6) is 11.5 Å². The van der Waals surface area contributed by atoms with Gasteiger partial charge in [-0.25, -0.2) is 4.79 Å². The van der Waals surface area contributed by atoms with Crippen molar-refractivity contribution in [3.8, 4) is 11.5 Å². The van der Waals surface area contributed by atoms with E-state index < -0.39 is 5.97 Å². The summed E-state index contributed by atoms with van der Waals surface area (Å²) in [6, 6.07) is 4.76. The number of carbonyl (C=O) groups excluding carboxylic acids is 2. The molecule has 0 aliphatic rings. The summed E-state index contributed by atoms with van der Waals surface area (Å²) < 4.78 is 14.5. The van der Waals surface area contributed by atoms with E-state index in [2.05, 4.69) is 4.74 Å². The number of hydrogen-bond acceptors (Lipinski definition) is 5. The lowest BCUT2D eigenvalue weighted by Gasteiger charge is -2.05. The summed E-state index contributed by atoms with van der Waals surface area (Å²) in [6.07, 6.45) is 2.91. The van der Waals surface area contributed by atoms with Gasteiger partial charge in [-0.1, -0.05) is 0 Å². The molecule has 0 radical (unpaired) electrons. The first kappa shape index (κ1) is 12.8. The van der Waals surface area contributed by atoms with E-state index in [0.29, 0.717) is 23.3 Å². The molecule has 17 heavy (non-hydrogen) atoms. The molecule has 5 heteroatoms. The Labute approximate surface area is 98.6 Å². The average Bonchev–Trinajstić information content (AvgIpc) is 2.38. The number of benzene rings is 1. The summed E-state index contributed by atoms with van der Waals surface area (Å²) in [7, 11) is 2.76. The van der Waals surface area contributed by atoms with Crippen LogP contribution in [-0.2, 0) is 9.53 Å². The van der Waals surface area contributed by atoms with Gasteiger partial charge < -0.3 is 14.2 Å². The third kappa shape index (κ3) is 3.64. The molecule has 0 heterocycles. The van der Waals surface area contributed by atoms with Crippen LogP contribution in [0.15, 0.2) is 30.5 Å². The fraction of sp³-hybridized carbons (Fsp3) is 0.167. The largest absolute Gasteiger partial charge is 0.497 e. The Kier molecular flexibility index (Phi) is 4.75. The Morgan fingerprint density at radius 1 is 1.29 bits per heavy atom. The zero-order valence-corrected chi connectivity index (χ0v) is 9.51. The van der Waals surface area contributed by atoms with Crippen molar-refractivity contribution in [1.29, 1.82) is 0 Å². The molecule has 0 amide bonds. The van der Waals surface area contributed by atoms with Crippen molar-refractivity contribution < 1.29 is 23.8 Å². The number of esters is 1. The predicted molar refractivity (Wildman–Crippen MR) is 60.2 cm³/mol. The van der Waals surface area contributed by atoms with Crippen molar-refractivity contribution in [1.82, 2.24) is 0 Å². The molecule has 0 saturated carbocycles. The topological polar surface area (TPSA) is 61.8 Å². The fourth-order valence-electron chi connectivity index (χ4n) is 1.08. The molecule has 0 aromatic heterocycles. The van der Waals surface area contributed by atoms with Crippen LogP contribution in [0.4, 0.5) is 0 Å². The number of aldehydes is 1. The average molecular weight is 236 g/mol. The quantitative estimate of drug-likeness (QED) is 0.336. The molecule has 0 unspecified atom stereocenters. The third-order valence-corrected chi connectivity index (χ3v) is 1.94. The maximum Gasteiger partial charge on any atom is 0.333 e. The zero-order valence-electron chi connectivity index (χ0n) is 9.51. The van der Waals surface area contributed by atoms with Gasteiger partial charge in [-0.15, -0.1) is 0 Å². The number of carbonyl (C=O) groups is 2. The molecule has 5 nitrogen and oxygen atoms in total. The van der Waals surface area contributed by atoms with Crippen LogP contribution in [0.25, 0.3) is 0 Å². The van der Waals surface area contributed by atoms with Gasteiger partial charge >= 0.3 is 5.97 Å².